The minimum atomic E-state index is -3.11. The highest BCUT2D eigenvalue weighted by atomic mass is 32.2. The van der Waals surface area contributed by atoms with Crippen molar-refractivity contribution in [2.24, 2.45) is 0 Å². The lowest BCUT2D eigenvalue weighted by molar-refractivity contribution is -0.0640. The van der Waals surface area contributed by atoms with E-state index in [1.165, 1.54) is 0 Å². The van der Waals surface area contributed by atoms with Crippen LogP contribution < -0.4 is 5.32 Å². The smallest absolute Gasteiger partial charge is 0.214 e. The van der Waals surface area contributed by atoms with Crippen LogP contribution in [0, 0.1) is 0 Å². The van der Waals surface area contributed by atoms with Crippen molar-refractivity contribution in [1.82, 2.24) is 9.62 Å². The summed E-state index contributed by atoms with van der Waals surface area (Å²) >= 11 is 0. The second-order valence-electron chi connectivity index (χ2n) is 5.07. The number of hydrogen-bond acceptors (Lipinski definition) is 4. The normalized spacial score (nSPS) is 21.6. The Balaban J connectivity index is 2.46. The van der Waals surface area contributed by atoms with Crippen LogP contribution in [0.4, 0.5) is 0 Å². The van der Waals surface area contributed by atoms with Gasteiger partial charge in [-0.25, -0.2) is 8.42 Å². The number of unbranched alkanes of at least 4 members (excludes halogenated alkanes) is 1. The molecule has 0 unspecified atom stereocenters. The molecule has 1 aliphatic heterocycles. The minimum Gasteiger partial charge on any atom is -0.373 e. The second kappa shape index (κ2) is 6.13. The van der Waals surface area contributed by atoms with Crippen molar-refractivity contribution in [3.05, 3.63) is 0 Å². The van der Waals surface area contributed by atoms with Crippen molar-refractivity contribution in [1.29, 1.82) is 0 Å². The predicted octanol–water partition coefficient (Wildman–Crippen LogP) is 0.427. The lowest BCUT2D eigenvalue weighted by atomic mass is 10.1. The summed E-state index contributed by atoms with van der Waals surface area (Å²) in [4.78, 5) is 0. The maximum Gasteiger partial charge on any atom is 0.214 e. The van der Waals surface area contributed by atoms with Crippen molar-refractivity contribution in [2.75, 3.05) is 39.0 Å². The molecule has 0 bridgehead atoms. The second-order valence-corrected chi connectivity index (χ2v) is 7.16. The monoisotopic (exact) mass is 264 g/mol. The topological polar surface area (TPSA) is 58.6 Å². The molecule has 0 aromatic rings. The van der Waals surface area contributed by atoms with Crippen LogP contribution in [-0.2, 0) is 14.8 Å². The fourth-order valence-corrected chi connectivity index (χ4v) is 3.61. The summed E-state index contributed by atoms with van der Waals surface area (Å²) in [6, 6.07) is 0. The lowest BCUT2D eigenvalue weighted by Crippen LogP contribution is -2.51. The van der Waals surface area contributed by atoms with Gasteiger partial charge in [-0.3, -0.25) is 0 Å². The van der Waals surface area contributed by atoms with E-state index < -0.39 is 10.0 Å². The van der Waals surface area contributed by atoms with E-state index in [1.54, 1.807) is 4.31 Å². The summed E-state index contributed by atoms with van der Waals surface area (Å²) in [6.45, 7) is 6.15. The van der Waals surface area contributed by atoms with Gasteiger partial charge in [-0.05, 0) is 40.3 Å². The lowest BCUT2D eigenvalue weighted by Gasteiger charge is -2.37. The summed E-state index contributed by atoms with van der Waals surface area (Å²) in [6.07, 6.45) is 1.60. The zero-order valence-corrected chi connectivity index (χ0v) is 11.8. The number of sulfonamides is 1. The molecule has 0 saturated carbocycles. The average Bonchev–Trinajstić information content (AvgIpc) is 2.23. The predicted molar refractivity (Wildman–Crippen MR) is 68.6 cm³/mol. The molecule has 17 heavy (non-hydrogen) atoms. The van der Waals surface area contributed by atoms with Crippen LogP contribution in [0.2, 0.25) is 0 Å². The molecule has 1 rings (SSSR count). The molecule has 0 radical (unpaired) electrons. The first-order valence-electron chi connectivity index (χ1n) is 6.14. The fourth-order valence-electron chi connectivity index (χ4n) is 1.93. The van der Waals surface area contributed by atoms with Crippen molar-refractivity contribution >= 4 is 10.0 Å². The Labute approximate surface area is 105 Å². The first-order valence-corrected chi connectivity index (χ1v) is 7.75. The maximum absolute atomic E-state index is 12.1. The van der Waals surface area contributed by atoms with Gasteiger partial charge in [-0.15, -0.1) is 0 Å². The molecular formula is C11H24N2O3S. The molecule has 6 heteroatoms. The van der Waals surface area contributed by atoms with Crippen LogP contribution in [0.5, 0.6) is 0 Å². The third-order valence-electron chi connectivity index (χ3n) is 2.86. The first kappa shape index (κ1) is 14.9. The van der Waals surface area contributed by atoms with Gasteiger partial charge < -0.3 is 10.1 Å². The Morgan fingerprint density at radius 1 is 1.35 bits per heavy atom. The van der Waals surface area contributed by atoms with Crippen LogP contribution in [0.1, 0.15) is 26.7 Å². The molecule has 0 amide bonds. The van der Waals surface area contributed by atoms with E-state index in [0.29, 0.717) is 26.1 Å². The molecule has 0 atom stereocenters. The Kier molecular flexibility index (Phi) is 5.37. The third-order valence-corrected chi connectivity index (χ3v) is 4.77. The van der Waals surface area contributed by atoms with Crippen LogP contribution in [-0.4, -0.2) is 57.4 Å². The molecule has 0 aromatic heterocycles. The number of ether oxygens (including phenoxy) is 1. The molecule has 1 aliphatic rings. The summed E-state index contributed by atoms with van der Waals surface area (Å²) in [5.41, 5.74) is -0.365. The van der Waals surface area contributed by atoms with Gasteiger partial charge in [0.2, 0.25) is 10.0 Å². The Bertz CT molecular complexity index is 328. The van der Waals surface area contributed by atoms with E-state index in [0.717, 1.165) is 13.0 Å². The molecular weight excluding hydrogens is 240 g/mol. The summed E-state index contributed by atoms with van der Waals surface area (Å²) in [7, 11) is -1.24. The van der Waals surface area contributed by atoms with Gasteiger partial charge >= 0.3 is 0 Å². The first-order chi connectivity index (χ1) is 7.87. The number of morpholine rings is 1. The molecule has 1 heterocycles. The van der Waals surface area contributed by atoms with Crippen molar-refractivity contribution in [3.8, 4) is 0 Å². The van der Waals surface area contributed by atoms with Crippen molar-refractivity contribution in [2.45, 2.75) is 32.3 Å². The zero-order valence-electron chi connectivity index (χ0n) is 11.0. The molecule has 0 aliphatic carbocycles. The quantitative estimate of drug-likeness (QED) is 0.707. The Morgan fingerprint density at radius 2 is 2.06 bits per heavy atom. The molecule has 1 N–H and O–H groups in total. The minimum absolute atomic E-state index is 0.241. The van der Waals surface area contributed by atoms with Gasteiger partial charge in [-0.1, -0.05) is 0 Å². The molecule has 1 saturated heterocycles. The zero-order chi connectivity index (χ0) is 12.9. The van der Waals surface area contributed by atoms with E-state index in [-0.39, 0.29) is 11.4 Å². The molecule has 0 aromatic carbocycles. The van der Waals surface area contributed by atoms with E-state index >= 15 is 0 Å². The van der Waals surface area contributed by atoms with Gasteiger partial charge in [0, 0.05) is 13.1 Å². The largest absolute Gasteiger partial charge is 0.373 e. The van der Waals surface area contributed by atoms with E-state index in [2.05, 4.69) is 5.32 Å². The van der Waals surface area contributed by atoms with E-state index in [9.17, 15) is 8.42 Å². The van der Waals surface area contributed by atoms with E-state index in [1.807, 2.05) is 20.9 Å². The van der Waals surface area contributed by atoms with Gasteiger partial charge in [0.1, 0.15) is 0 Å². The van der Waals surface area contributed by atoms with Gasteiger partial charge in [-0.2, -0.15) is 4.31 Å². The molecule has 5 nitrogen and oxygen atoms in total. The number of rotatable bonds is 6. The summed E-state index contributed by atoms with van der Waals surface area (Å²) in [5.74, 6) is 0.241. The maximum atomic E-state index is 12.1. The Morgan fingerprint density at radius 3 is 2.65 bits per heavy atom. The summed E-state index contributed by atoms with van der Waals surface area (Å²) in [5, 5.41) is 3.02. The molecule has 102 valence electrons. The van der Waals surface area contributed by atoms with Crippen LogP contribution in [0.25, 0.3) is 0 Å². The molecule has 1 fully saturated rings. The summed E-state index contributed by atoms with van der Waals surface area (Å²) < 4.78 is 31.3. The number of hydrogen-bond donors (Lipinski definition) is 1. The van der Waals surface area contributed by atoms with Crippen molar-refractivity contribution < 1.29 is 13.2 Å². The van der Waals surface area contributed by atoms with Crippen LogP contribution in [0.3, 0.4) is 0 Å². The highest BCUT2D eigenvalue weighted by Gasteiger charge is 2.33. The van der Waals surface area contributed by atoms with Gasteiger partial charge in [0.25, 0.3) is 0 Å². The Hall–Kier alpha value is -0.170. The number of nitrogens with one attached hydrogen (secondary N) is 1. The van der Waals surface area contributed by atoms with Gasteiger partial charge in [0.15, 0.2) is 0 Å². The highest BCUT2D eigenvalue weighted by Crippen LogP contribution is 2.19. The SMILES string of the molecule is CNCCCCS(=O)(=O)N1CCOC(C)(C)C1. The highest BCUT2D eigenvalue weighted by molar-refractivity contribution is 7.89. The fraction of sp³-hybridized carbons (Fsp3) is 1.00. The van der Waals surface area contributed by atoms with E-state index in [4.69, 9.17) is 4.74 Å². The van der Waals surface area contributed by atoms with Crippen molar-refractivity contribution in [3.63, 3.8) is 0 Å². The van der Waals surface area contributed by atoms with Crippen LogP contribution >= 0.6 is 0 Å². The van der Waals surface area contributed by atoms with Gasteiger partial charge in [0.05, 0.1) is 18.0 Å². The molecule has 0 spiro atoms. The van der Waals surface area contributed by atoms with Crippen LogP contribution in [0.15, 0.2) is 0 Å². The average molecular weight is 264 g/mol. The standard InChI is InChI=1S/C11H24N2O3S/c1-11(2)10-13(7-8-16-11)17(14,15)9-5-4-6-12-3/h12H,4-10H2,1-3H3. The number of nitrogens with zero attached hydrogens (tertiary/aromatic N) is 1. The third kappa shape index (κ3) is 4.91.